The first-order chi connectivity index (χ1) is 16.0. The third-order valence-electron chi connectivity index (χ3n) is 5.72. The molecule has 0 saturated carbocycles. The van der Waals surface area contributed by atoms with Gasteiger partial charge in [-0.2, -0.15) is 5.10 Å². The van der Waals surface area contributed by atoms with Crippen molar-refractivity contribution in [2.75, 3.05) is 23.3 Å². The van der Waals surface area contributed by atoms with Gasteiger partial charge >= 0.3 is 0 Å². The summed E-state index contributed by atoms with van der Waals surface area (Å²) >= 11 is 5.94. The Balaban J connectivity index is 1.42. The van der Waals surface area contributed by atoms with Gasteiger partial charge in [0.2, 0.25) is 5.91 Å². The van der Waals surface area contributed by atoms with E-state index in [2.05, 4.69) is 26.7 Å². The van der Waals surface area contributed by atoms with Crippen LogP contribution < -0.4 is 15.5 Å². The summed E-state index contributed by atoms with van der Waals surface area (Å²) in [6, 6.07) is 14.4. The molecule has 2 aromatic carbocycles. The lowest BCUT2D eigenvalue weighted by atomic mass is 10.1. The Kier molecular flexibility index (Phi) is 7.29. The highest BCUT2D eigenvalue weighted by molar-refractivity contribution is 6.30. The van der Waals surface area contributed by atoms with Crippen LogP contribution in [0.2, 0.25) is 5.02 Å². The zero-order chi connectivity index (χ0) is 23.2. The van der Waals surface area contributed by atoms with Crippen molar-refractivity contribution in [2.24, 2.45) is 0 Å². The Hall–Kier alpha value is -3.32. The molecule has 2 amide bonds. The number of nitrogens with zero attached hydrogens (tertiary/aromatic N) is 3. The van der Waals surface area contributed by atoms with Crippen LogP contribution in [-0.4, -0.2) is 40.7 Å². The molecule has 1 aliphatic heterocycles. The number of anilines is 2. The van der Waals surface area contributed by atoms with Gasteiger partial charge in [0.15, 0.2) is 0 Å². The minimum absolute atomic E-state index is 0.228. The predicted molar refractivity (Wildman–Crippen MR) is 131 cm³/mol. The topological polar surface area (TPSA) is 79.3 Å². The molecule has 1 aliphatic rings. The maximum Gasteiger partial charge on any atom is 0.255 e. The van der Waals surface area contributed by atoms with Crippen molar-refractivity contribution in [3.05, 3.63) is 71.5 Å². The van der Waals surface area contributed by atoms with E-state index >= 15 is 0 Å². The molecule has 8 heteroatoms. The first-order valence-corrected chi connectivity index (χ1v) is 11.7. The fourth-order valence-corrected chi connectivity index (χ4v) is 4.09. The zero-order valence-electron chi connectivity index (χ0n) is 18.6. The van der Waals surface area contributed by atoms with E-state index < -0.39 is 6.04 Å². The minimum atomic E-state index is -0.642. The standard InChI is InChI=1S/C25H28ClN5O2/c1-2-6-23(25(33)28-20-7-5-8-22(15-20)30-13-3-4-14-30)29-24(32)18-16-27-31(17-18)21-11-9-19(26)10-12-21/h5,7-12,15-17,23H,2-4,6,13-14H2,1H3,(H,28,33)(H,29,32). The van der Waals surface area contributed by atoms with Crippen LogP contribution in [0.25, 0.3) is 5.69 Å². The van der Waals surface area contributed by atoms with Gasteiger partial charge in [-0.15, -0.1) is 0 Å². The minimum Gasteiger partial charge on any atom is -0.371 e. The number of carbonyl (C=O) groups is 2. The Labute approximate surface area is 198 Å². The lowest BCUT2D eigenvalue weighted by Crippen LogP contribution is -2.43. The molecule has 1 fully saturated rings. The van der Waals surface area contributed by atoms with Crippen molar-refractivity contribution in [3.63, 3.8) is 0 Å². The number of hydrogen-bond acceptors (Lipinski definition) is 4. The molecule has 0 aliphatic carbocycles. The van der Waals surface area contributed by atoms with E-state index in [1.807, 2.05) is 37.3 Å². The highest BCUT2D eigenvalue weighted by Gasteiger charge is 2.22. The number of nitrogens with one attached hydrogen (secondary N) is 2. The van der Waals surface area contributed by atoms with Crippen LogP contribution in [0.1, 0.15) is 43.0 Å². The van der Waals surface area contributed by atoms with Crippen LogP contribution in [0, 0.1) is 0 Å². The van der Waals surface area contributed by atoms with Crippen molar-refractivity contribution in [3.8, 4) is 5.69 Å². The van der Waals surface area contributed by atoms with Gasteiger partial charge in [-0.3, -0.25) is 9.59 Å². The van der Waals surface area contributed by atoms with E-state index in [9.17, 15) is 9.59 Å². The van der Waals surface area contributed by atoms with Gasteiger partial charge in [0, 0.05) is 35.7 Å². The molecule has 4 rings (SSSR count). The molecule has 3 aromatic rings. The molecule has 2 N–H and O–H groups in total. The van der Waals surface area contributed by atoms with Crippen molar-refractivity contribution < 1.29 is 9.59 Å². The van der Waals surface area contributed by atoms with Crippen molar-refractivity contribution in [1.29, 1.82) is 0 Å². The Morgan fingerprint density at radius 3 is 2.58 bits per heavy atom. The molecule has 1 aromatic heterocycles. The molecule has 0 spiro atoms. The molecule has 0 bridgehead atoms. The second kappa shape index (κ2) is 10.5. The smallest absolute Gasteiger partial charge is 0.255 e. The normalized spacial score (nSPS) is 14.2. The summed E-state index contributed by atoms with van der Waals surface area (Å²) in [4.78, 5) is 28.1. The van der Waals surface area contributed by atoms with Crippen molar-refractivity contribution >= 4 is 34.8 Å². The molecule has 172 valence electrons. The molecule has 1 atom stereocenters. The molecule has 7 nitrogen and oxygen atoms in total. The summed E-state index contributed by atoms with van der Waals surface area (Å²) in [5, 5.41) is 10.7. The van der Waals surface area contributed by atoms with Crippen LogP contribution >= 0.6 is 11.6 Å². The largest absolute Gasteiger partial charge is 0.371 e. The van der Waals surface area contributed by atoms with E-state index in [-0.39, 0.29) is 11.8 Å². The van der Waals surface area contributed by atoms with E-state index in [0.717, 1.165) is 36.6 Å². The van der Waals surface area contributed by atoms with E-state index in [4.69, 9.17) is 11.6 Å². The summed E-state index contributed by atoms with van der Waals surface area (Å²) in [7, 11) is 0. The fraction of sp³-hybridized carbons (Fsp3) is 0.320. The van der Waals surface area contributed by atoms with Crippen LogP contribution in [0.4, 0.5) is 11.4 Å². The molecule has 33 heavy (non-hydrogen) atoms. The highest BCUT2D eigenvalue weighted by atomic mass is 35.5. The second-order valence-corrected chi connectivity index (χ2v) is 8.63. The first kappa shape index (κ1) is 22.9. The summed E-state index contributed by atoms with van der Waals surface area (Å²) in [6.07, 6.45) is 6.81. The van der Waals surface area contributed by atoms with Gasteiger partial charge in [0.25, 0.3) is 5.91 Å². The van der Waals surface area contributed by atoms with Gasteiger partial charge in [-0.1, -0.05) is 31.0 Å². The zero-order valence-corrected chi connectivity index (χ0v) is 19.4. The Morgan fingerprint density at radius 1 is 1.09 bits per heavy atom. The molecule has 0 radical (unpaired) electrons. The number of halogens is 1. The average Bonchev–Trinajstić information content (AvgIpc) is 3.52. The van der Waals surface area contributed by atoms with Gasteiger partial charge in [0.05, 0.1) is 17.4 Å². The van der Waals surface area contributed by atoms with Crippen molar-refractivity contribution in [2.45, 2.75) is 38.6 Å². The van der Waals surface area contributed by atoms with Gasteiger partial charge < -0.3 is 15.5 Å². The summed E-state index contributed by atoms with van der Waals surface area (Å²) < 4.78 is 1.60. The van der Waals surface area contributed by atoms with Gasteiger partial charge in [-0.05, 0) is 61.7 Å². The molecule has 1 saturated heterocycles. The van der Waals surface area contributed by atoms with E-state index in [0.29, 0.717) is 17.0 Å². The number of benzene rings is 2. The SMILES string of the molecule is CCCC(NC(=O)c1cnn(-c2ccc(Cl)cc2)c1)C(=O)Nc1cccc(N2CCCC2)c1. The Bertz CT molecular complexity index is 1110. The summed E-state index contributed by atoms with van der Waals surface area (Å²) in [6.45, 7) is 4.06. The lowest BCUT2D eigenvalue weighted by molar-refractivity contribution is -0.118. The van der Waals surface area contributed by atoms with Gasteiger partial charge in [-0.25, -0.2) is 4.68 Å². The van der Waals surface area contributed by atoms with Gasteiger partial charge in [0.1, 0.15) is 6.04 Å². The molecular weight excluding hydrogens is 438 g/mol. The summed E-state index contributed by atoms with van der Waals surface area (Å²) in [5.41, 5.74) is 3.01. The quantitative estimate of drug-likeness (QED) is 0.507. The number of hydrogen-bond donors (Lipinski definition) is 2. The third kappa shape index (κ3) is 5.73. The van der Waals surface area contributed by atoms with Crippen LogP contribution in [0.5, 0.6) is 0 Å². The summed E-state index contributed by atoms with van der Waals surface area (Å²) in [5.74, 6) is -0.566. The third-order valence-corrected chi connectivity index (χ3v) is 5.97. The maximum absolute atomic E-state index is 13.0. The van der Waals surface area contributed by atoms with E-state index in [1.165, 1.54) is 19.0 Å². The Morgan fingerprint density at radius 2 is 1.85 bits per heavy atom. The number of aromatic nitrogens is 2. The monoisotopic (exact) mass is 465 g/mol. The number of carbonyl (C=O) groups excluding carboxylic acids is 2. The molecule has 1 unspecified atom stereocenters. The lowest BCUT2D eigenvalue weighted by Gasteiger charge is -2.20. The van der Waals surface area contributed by atoms with Crippen molar-refractivity contribution in [1.82, 2.24) is 15.1 Å². The van der Waals surface area contributed by atoms with E-state index in [1.54, 1.807) is 23.0 Å². The number of rotatable bonds is 8. The fourth-order valence-electron chi connectivity index (χ4n) is 3.96. The van der Waals surface area contributed by atoms with Crippen LogP contribution in [-0.2, 0) is 4.79 Å². The number of amides is 2. The molecule has 2 heterocycles. The van der Waals surface area contributed by atoms with Crippen LogP contribution in [0.15, 0.2) is 60.9 Å². The maximum atomic E-state index is 13.0. The average molecular weight is 466 g/mol. The molecular formula is C25H28ClN5O2. The highest BCUT2D eigenvalue weighted by Crippen LogP contribution is 2.23. The first-order valence-electron chi connectivity index (χ1n) is 11.3. The predicted octanol–water partition coefficient (Wildman–Crippen LogP) is 4.66. The second-order valence-electron chi connectivity index (χ2n) is 8.20. The van der Waals surface area contributed by atoms with Crippen LogP contribution in [0.3, 0.4) is 0 Å².